The molecule has 0 aliphatic rings. The average molecular weight is 384 g/mol. The van der Waals surface area contributed by atoms with Crippen molar-refractivity contribution in [2.24, 2.45) is 0 Å². The molecule has 28 heavy (non-hydrogen) atoms. The van der Waals surface area contributed by atoms with Gasteiger partial charge in [0.1, 0.15) is 5.69 Å². The topological polar surface area (TPSA) is 99.2 Å². The number of esters is 1. The summed E-state index contributed by atoms with van der Waals surface area (Å²) in [6.07, 6.45) is 3.12. The summed E-state index contributed by atoms with van der Waals surface area (Å²) in [6, 6.07) is 5.31. The largest absolute Gasteiger partial charge is 0.463 e. The van der Waals surface area contributed by atoms with Gasteiger partial charge in [0, 0.05) is 12.6 Å². The van der Waals surface area contributed by atoms with Crippen LogP contribution in [0.1, 0.15) is 50.5 Å². The molecule has 3 rings (SSSR count). The minimum atomic E-state index is -0.348. The zero-order valence-electron chi connectivity index (χ0n) is 16.4. The monoisotopic (exact) mass is 384 g/mol. The number of ether oxygens (including phenoxy) is 1. The molecule has 1 N–H and O–H groups in total. The summed E-state index contributed by atoms with van der Waals surface area (Å²) in [5.41, 5.74) is 1.58. The zero-order chi connectivity index (χ0) is 20.3. The van der Waals surface area contributed by atoms with E-state index in [9.17, 15) is 9.59 Å². The summed E-state index contributed by atoms with van der Waals surface area (Å²) < 4.78 is 12.3. The third kappa shape index (κ3) is 4.21. The maximum absolute atomic E-state index is 12.8. The fraction of sp³-hybridized carbons (Fsp3) is 0.400. The SMILES string of the molecule is CC(C)OC(=O)CCNC(=O)c1cc(-c2ccco2)nc2c1cnn2C(C)C. The molecule has 3 aromatic rings. The number of nitrogens with one attached hydrogen (secondary N) is 1. The summed E-state index contributed by atoms with van der Waals surface area (Å²) in [5, 5.41) is 7.79. The van der Waals surface area contributed by atoms with Crippen molar-refractivity contribution in [3.63, 3.8) is 0 Å². The van der Waals surface area contributed by atoms with Gasteiger partial charge in [-0.05, 0) is 45.9 Å². The Morgan fingerprint density at radius 3 is 2.71 bits per heavy atom. The van der Waals surface area contributed by atoms with Gasteiger partial charge in [0.15, 0.2) is 11.4 Å². The Kier molecular flexibility index (Phi) is 5.77. The number of aromatic nitrogens is 3. The molecule has 8 heteroatoms. The molecule has 0 radical (unpaired) electrons. The lowest BCUT2D eigenvalue weighted by molar-refractivity contribution is -0.147. The summed E-state index contributed by atoms with van der Waals surface area (Å²) in [4.78, 5) is 29.1. The fourth-order valence-corrected chi connectivity index (χ4v) is 2.83. The molecule has 0 atom stereocenters. The number of rotatable bonds is 7. The first-order valence-electron chi connectivity index (χ1n) is 9.26. The molecular weight excluding hydrogens is 360 g/mol. The number of nitrogens with zero attached hydrogens (tertiary/aromatic N) is 3. The van der Waals surface area contributed by atoms with Gasteiger partial charge in [0.25, 0.3) is 5.91 Å². The third-order valence-electron chi connectivity index (χ3n) is 4.06. The van der Waals surface area contributed by atoms with E-state index in [1.165, 1.54) is 0 Å². The molecule has 8 nitrogen and oxygen atoms in total. The predicted octanol–water partition coefficient (Wildman–Crippen LogP) is 3.34. The Bertz CT molecular complexity index is 974. The molecule has 0 aromatic carbocycles. The van der Waals surface area contributed by atoms with E-state index in [4.69, 9.17) is 9.15 Å². The highest BCUT2D eigenvalue weighted by Crippen LogP contribution is 2.26. The van der Waals surface area contributed by atoms with Crippen LogP contribution >= 0.6 is 0 Å². The molecule has 0 bridgehead atoms. The first-order valence-corrected chi connectivity index (χ1v) is 9.26. The Balaban J connectivity index is 1.89. The molecule has 1 amide bonds. The van der Waals surface area contributed by atoms with Gasteiger partial charge in [0.2, 0.25) is 0 Å². The number of furan rings is 1. The molecule has 0 spiro atoms. The van der Waals surface area contributed by atoms with Crippen LogP contribution in [-0.2, 0) is 9.53 Å². The lowest BCUT2D eigenvalue weighted by Crippen LogP contribution is -2.27. The van der Waals surface area contributed by atoms with Crippen molar-refractivity contribution in [2.45, 2.75) is 46.3 Å². The maximum atomic E-state index is 12.8. The van der Waals surface area contributed by atoms with Crippen LogP contribution in [0.2, 0.25) is 0 Å². The van der Waals surface area contributed by atoms with Crippen molar-refractivity contribution < 1.29 is 18.7 Å². The van der Waals surface area contributed by atoms with Gasteiger partial charge in [-0.3, -0.25) is 9.59 Å². The van der Waals surface area contributed by atoms with Gasteiger partial charge >= 0.3 is 5.97 Å². The third-order valence-corrected chi connectivity index (χ3v) is 4.06. The van der Waals surface area contributed by atoms with Gasteiger partial charge in [-0.2, -0.15) is 5.10 Å². The van der Waals surface area contributed by atoms with Crippen LogP contribution in [0.25, 0.3) is 22.5 Å². The Morgan fingerprint density at radius 2 is 2.07 bits per heavy atom. The molecule has 0 aliphatic carbocycles. The first kappa shape index (κ1) is 19.6. The van der Waals surface area contributed by atoms with E-state index in [0.29, 0.717) is 28.1 Å². The Labute approximate surface area is 162 Å². The molecule has 0 fully saturated rings. The van der Waals surface area contributed by atoms with E-state index in [0.717, 1.165) is 0 Å². The van der Waals surface area contributed by atoms with E-state index in [1.54, 1.807) is 49.2 Å². The van der Waals surface area contributed by atoms with Crippen LogP contribution in [-0.4, -0.2) is 39.3 Å². The number of hydrogen-bond donors (Lipinski definition) is 1. The molecule has 0 unspecified atom stereocenters. The van der Waals surface area contributed by atoms with Gasteiger partial charge in [-0.15, -0.1) is 0 Å². The van der Waals surface area contributed by atoms with E-state index in [1.807, 2.05) is 13.8 Å². The number of hydrogen-bond acceptors (Lipinski definition) is 6. The zero-order valence-corrected chi connectivity index (χ0v) is 16.4. The van der Waals surface area contributed by atoms with Gasteiger partial charge in [-0.25, -0.2) is 9.67 Å². The molecule has 0 saturated carbocycles. The summed E-state index contributed by atoms with van der Waals surface area (Å²) in [7, 11) is 0. The quantitative estimate of drug-likeness (QED) is 0.627. The minimum Gasteiger partial charge on any atom is -0.463 e. The number of pyridine rings is 1. The number of amides is 1. The van der Waals surface area contributed by atoms with Crippen molar-refractivity contribution in [3.05, 3.63) is 36.2 Å². The summed E-state index contributed by atoms with van der Waals surface area (Å²) in [5.74, 6) is -0.0899. The lowest BCUT2D eigenvalue weighted by atomic mass is 10.1. The van der Waals surface area contributed by atoms with Crippen LogP contribution < -0.4 is 5.32 Å². The van der Waals surface area contributed by atoms with Gasteiger partial charge < -0.3 is 14.5 Å². The molecule has 3 aromatic heterocycles. The summed E-state index contributed by atoms with van der Waals surface area (Å²) >= 11 is 0. The van der Waals surface area contributed by atoms with E-state index < -0.39 is 0 Å². The molecule has 0 aliphatic heterocycles. The highest BCUT2D eigenvalue weighted by molar-refractivity contribution is 6.06. The molecule has 148 valence electrons. The highest BCUT2D eigenvalue weighted by atomic mass is 16.5. The molecular formula is C20H24N4O4. The van der Waals surface area contributed by atoms with Crippen LogP contribution in [0.4, 0.5) is 0 Å². The average Bonchev–Trinajstić information content (AvgIpc) is 3.29. The van der Waals surface area contributed by atoms with E-state index >= 15 is 0 Å². The fourth-order valence-electron chi connectivity index (χ4n) is 2.83. The van der Waals surface area contributed by atoms with Gasteiger partial charge in [-0.1, -0.05) is 0 Å². The Hall–Kier alpha value is -3.16. The Morgan fingerprint density at radius 1 is 1.29 bits per heavy atom. The second-order valence-corrected chi connectivity index (χ2v) is 7.00. The lowest BCUT2D eigenvalue weighted by Gasteiger charge is -2.11. The number of carbonyl (C=O) groups excluding carboxylic acids is 2. The van der Waals surface area contributed by atoms with Crippen LogP contribution in [0.3, 0.4) is 0 Å². The van der Waals surface area contributed by atoms with Crippen molar-refractivity contribution in [1.82, 2.24) is 20.1 Å². The normalized spacial score (nSPS) is 11.4. The minimum absolute atomic E-state index is 0.0820. The number of fused-ring (bicyclic) bond motifs is 1. The maximum Gasteiger partial charge on any atom is 0.307 e. The van der Waals surface area contributed by atoms with Crippen LogP contribution in [0.15, 0.2) is 35.1 Å². The first-order chi connectivity index (χ1) is 13.4. The molecule has 3 heterocycles. The van der Waals surface area contributed by atoms with Crippen LogP contribution in [0.5, 0.6) is 0 Å². The second-order valence-electron chi connectivity index (χ2n) is 7.00. The van der Waals surface area contributed by atoms with Crippen molar-refractivity contribution in [2.75, 3.05) is 6.54 Å². The smallest absolute Gasteiger partial charge is 0.307 e. The van der Waals surface area contributed by atoms with Crippen molar-refractivity contribution in [3.8, 4) is 11.5 Å². The highest BCUT2D eigenvalue weighted by Gasteiger charge is 2.19. The summed E-state index contributed by atoms with van der Waals surface area (Å²) in [6.45, 7) is 7.74. The standard InChI is InChI=1S/C20H24N4O4/c1-12(2)24-19-15(11-22-24)14(10-16(23-19)17-6-5-9-27-17)20(26)21-8-7-18(25)28-13(3)4/h5-6,9-13H,7-8H2,1-4H3,(H,21,26). The predicted molar refractivity (Wildman–Crippen MR) is 104 cm³/mol. The van der Waals surface area contributed by atoms with Crippen molar-refractivity contribution in [1.29, 1.82) is 0 Å². The van der Waals surface area contributed by atoms with Gasteiger partial charge in [0.05, 0.1) is 35.9 Å². The number of carbonyl (C=O) groups is 2. The van der Waals surface area contributed by atoms with Crippen molar-refractivity contribution >= 4 is 22.9 Å². The molecule has 0 saturated heterocycles. The van der Waals surface area contributed by atoms with E-state index in [2.05, 4.69) is 15.4 Å². The second kappa shape index (κ2) is 8.24. The van der Waals surface area contributed by atoms with Crippen LogP contribution in [0, 0.1) is 0 Å². The van der Waals surface area contributed by atoms with E-state index in [-0.39, 0.29) is 37.0 Å².